The molecule has 1 heterocycles. The number of nitrogens with one attached hydrogen (secondary N) is 2. The van der Waals surface area contributed by atoms with Gasteiger partial charge >= 0.3 is 11.9 Å². The summed E-state index contributed by atoms with van der Waals surface area (Å²) in [6, 6.07) is -4.71. The number of nitrogens with two attached hydrogens (primary N) is 4. The lowest BCUT2D eigenvalue weighted by Crippen LogP contribution is -2.56. The van der Waals surface area contributed by atoms with Gasteiger partial charge in [-0.05, 0) is 38.5 Å². The van der Waals surface area contributed by atoms with Gasteiger partial charge in [-0.1, -0.05) is 0 Å². The minimum absolute atomic E-state index is 0.0809. The predicted octanol–water partition coefficient (Wildman–Crippen LogP) is -3.46. The van der Waals surface area contributed by atoms with Gasteiger partial charge in [-0.25, -0.2) is 4.79 Å². The van der Waals surface area contributed by atoms with Crippen molar-refractivity contribution in [2.24, 2.45) is 27.9 Å². The van der Waals surface area contributed by atoms with Crippen LogP contribution in [0.15, 0.2) is 4.99 Å². The molecular weight excluding hydrogens is 492 g/mol. The van der Waals surface area contributed by atoms with E-state index in [0.717, 1.165) is 0 Å². The standard InChI is InChI=1S/C21H36N8O8/c22-11(3-1-9-26-21(24)25)19(35)29-10-2-4-14(29)18(34)27-12(5-7-15(23)30)17(33)28-13(20(36)37)6-8-16(31)32/h11-14H,1-10,22H2,(H2,23,30)(H,27,34)(H,28,33)(H,31,32)(H,36,37)(H4,24,25,26). The van der Waals surface area contributed by atoms with E-state index in [9.17, 15) is 33.9 Å². The van der Waals surface area contributed by atoms with Crippen LogP contribution < -0.4 is 33.6 Å². The van der Waals surface area contributed by atoms with Gasteiger partial charge in [-0.15, -0.1) is 0 Å². The fourth-order valence-electron chi connectivity index (χ4n) is 3.78. The summed E-state index contributed by atoms with van der Waals surface area (Å²) in [6.45, 7) is 0.556. The van der Waals surface area contributed by atoms with E-state index in [-0.39, 0.29) is 38.3 Å². The second-order valence-electron chi connectivity index (χ2n) is 8.64. The van der Waals surface area contributed by atoms with Gasteiger partial charge in [0.1, 0.15) is 18.1 Å². The molecule has 16 nitrogen and oxygen atoms in total. The Morgan fingerprint density at radius 2 is 1.59 bits per heavy atom. The van der Waals surface area contributed by atoms with Crippen LogP contribution in [0.3, 0.4) is 0 Å². The van der Waals surface area contributed by atoms with Gasteiger partial charge in [0.15, 0.2) is 5.96 Å². The van der Waals surface area contributed by atoms with Crippen LogP contribution in [0.1, 0.15) is 51.4 Å². The number of carboxylic acid groups (broad SMARTS) is 2. The number of amides is 4. The van der Waals surface area contributed by atoms with E-state index in [2.05, 4.69) is 15.6 Å². The highest BCUT2D eigenvalue weighted by Gasteiger charge is 2.38. The normalized spacial score (nSPS) is 17.2. The highest BCUT2D eigenvalue weighted by Crippen LogP contribution is 2.19. The molecule has 4 amide bonds. The number of carbonyl (C=O) groups excluding carboxylic acids is 4. The zero-order valence-corrected chi connectivity index (χ0v) is 20.4. The second-order valence-corrected chi connectivity index (χ2v) is 8.64. The monoisotopic (exact) mass is 528 g/mol. The number of hydrogen-bond donors (Lipinski definition) is 8. The molecule has 208 valence electrons. The molecule has 1 fully saturated rings. The highest BCUT2D eigenvalue weighted by atomic mass is 16.4. The first kappa shape index (κ1) is 31.1. The number of carbonyl (C=O) groups is 6. The average Bonchev–Trinajstić information content (AvgIpc) is 3.30. The molecule has 0 radical (unpaired) electrons. The van der Waals surface area contributed by atoms with Crippen LogP contribution in [0.2, 0.25) is 0 Å². The van der Waals surface area contributed by atoms with Crippen LogP contribution in [0.5, 0.6) is 0 Å². The van der Waals surface area contributed by atoms with E-state index in [1.165, 1.54) is 4.90 Å². The van der Waals surface area contributed by atoms with Crippen LogP contribution in [0, 0.1) is 0 Å². The molecule has 1 rings (SSSR count). The van der Waals surface area contributed by atoms with E-state index in [4.69, 9.17) is 28.0 Å². The quantitative estimate of drug-likeness (QED) is 0.0553. The van der Waals surface area contributed by atoms with Gasteiger partial charge in [0.2, 0.25) is 23.6 Å². The third kappa shape index (κ3) is 11.1. The largest absolute Gasteiger partial charge is 0.481 e. The van der Waals surface area contributed by atoms with Crippen molar-refractivity contribution < 1.29 is 39.0 Å². The van der Waals surface area contributed by atoms with E-state index >= 15 is 0 Å². The minimum Gasteiger partial charge on any atom is -0.481 e. The van der Waals surface area contributed by atoms with Crippen LogP contribution in [-0.2, 0) is 28.8 Å². The first-order chi connectivity index (χ1) is 17.3. The molecule has 1 aliphatic rings. The Balaban J connectivity index is 2.88. The van der Waals surface area contributed by atoms with Crippen molar-refractivity contribution in [2.75, 3.05) is 13.1 Å². The van der Waals surface area contributed by atoms with Gasteiger partial charge < -0.3 is 48.7 Å². The summed E-state index contributed by atoms with van der Waals surface area (Å²) in [7, 11) is 0. The van der Waals surface area contributed by atoms with Crippen molar-refractivity contribution >= 4 is 41.5 Å². The maximum absolute atomic E-state index is 13.0. The summed E-state index contributed by atoms with van der Waals surface area (Å²) in [5, 5.41) is 22.7. The summed E-state index contributed by atoms with van der Waals surface area (Å²) in [5.41, 5.74) is 21.7. The van der Waals surface area contributed by atoms with Crippen molar-refractivity contribution in [3.8, 4) is 0 Å². The first-order valence-electron chi connectivity index (χ1n) is 11.8. The first-order valence-corrected chi connectivity index (χ1v) is 11.8. The Hall–Kier alpha value is -3.95. The van der Waals surface area contributed by atoms with Crippen molar-refractivity contribution in [1.29, 1.82) is 0 Å². The van der Waals surface area contributed by atoms with Gasteiger partial charge in [0, 0.05) is 25.9 Å². The lowest BCUT2D eigenvalue weighted by molar-refractivity contribution is -0.144. The predicted molar refractivity (Wildman–Crippen MR) is 129 cm³/mol. The fourth-order valence-corrected chi connectivity index (χ4v) is 3.78. The molecule has 0 bridgehead atoms. The molecular formula is C21H36N8O8. The Bertz CT molecular complexity index is 892. The van der Waals surface area contributed by atoms with Crippen LogP contribution >= 0.6 is 0 Å². The minimum atomic E-state index is -1.53. The number of primary amides is 1. The molecule has 0 saturated carbocycles. The van der Waals surface area contributed by atoms with Crippen molar-refractivity contribution in [3.63, 3.8) is 0 Å². The molecule has 0 aromatic carbocycles. The molecule has 12 N–H and O–H groups in total. The summed E-state index contributed by atoms with van der Waals surface area (Å²) >= 11 is 0. The van der Waals surface area contributed by atoms with Gasteiger partial charge in [0.25, 0.3) is 0 Å². The van der Waals surface area contributed by atoms with Crippen molar-refractivity contribution in [1.82, 2.24) is 15.5 Å². The molecule has 0 aromatic heterocycles. The number of nitrogens with zero attached hydrogens (tertiary/aromatic N) is 2. The molecule has 0 aliphatic carbocycles. The lowest BCUT2D eigenvalue weighted by atomic mass is 10.1. The number of aliphatic carboxylic acids is 2. The maximum atomic E-state index is 13.0. The second kappa shape index (κ2) is 15.2. The number of aliphatic imine (C=N–C) groups is 1. The number of guanidine groups is 1. The lowest BCUT2D eigenvalue weighted by Gasteiger charge is -2.28. The third-order valence-corrected chi connectivity index (χ3v) is 5.70. The molecule has 0 spiro atoms. The van der Waals surface area contributed by atoms with E-state index in [0.29, 0.717) is 19.3 Å². The maximum Gasteiger partial charge on any atom is 0.326 e. The van der Waals surface area contributed by atoms with Crippen molar-refractivity contribution in [2.45, 2.75) is 75.5 Å². The summed E-state index contributed by atoms with van der Waals surface area (Å²) < 4.78 is 0. The van der Waals surface area contributed by atoms with E-state index in [1.807, 2.05) is 0 Å². The Morgan fingerprint density at radius 3 is 2.16 bits per heavy atom. The number of carboxylic acids is 2. The molecule has 4 unspecified atom stereocenters. The molecule has 1 aliphatic heterocycles. The zero-order valence-electron chi connectivity index (χ0n) is 20.4. The molecule has 4 atom stereocenters. The summed E-state index contributed by atoms with van der Waals surface area (Å²) in [4.78, 5) is 77.3. The Kier molecular flexibility index (Phi) is 12.8. The van der Waals surface area contributed by atoms with Gasteiger partial charge in [0.05, 0.1) is 6.04 Å². The molecule has 37 heavy (non-hydrogen) atoms. The Labute approximate surface area is 213 Å². The van der Waals surface area contributed by atoms with E-state index in [1.54, 1.807) is 0 Å². The summed E-state index contributed by atoms with van der Waals surface area (Å²) in [5.74, 6) is -5.62. The zero-order chi connectivity index (χ0) is 28.1. The fraction of sp³-hybridized carbons (Fsp3) is 0.667. The third-order valence-electron chi connectivity index (χ3n) is 5.70. The van der Waals surface area contributed by atoms with Crippen LogP contribution in [-0.4, -0.2) is 93.9 Å². The highest BCUT2D eigenvalue weighted by molar-refractivity contribution is 5.94. The number of hydrogen-bond acceptors (Lipinski definition) is 8. The Morgan fingerprint density at radius 1 is 0.946 bits per heavy atom. The molecule has 1 saturated heterocycles. The van der Waals surface area contributed by atoms with Crippen molar-refractivity contribution in [3.05, 3.63) is 0 Å². The van der Waals surface area contributed by atoms with Crippen LogP contribution in [0.4, 0.5) is 0 Å². The van der Waals surface area contributed by atoms with E-state index < -0.39 is 72.6 Å². The average molecular weight is 529 g/mol. The van der Waals surface area contributed by atoms with Gasteiger partial charge in [-0.2, -0.15) is 0 Å². The number of likely N-dealkylation sites (tertiary alicyclic amines) is 1. The molecule has 0 aromatic rings. The number of rotatable bonds is 16. The topological polar surface area (TPSA) is 287 Å². The SMILES string of the molecule is NC(=O)CCC(NC(=O)C1CCCN1C(=O)C(N)CCCN=C(N)N)C(=O)NC(CCC(=O)O)C(=O)O. The summed E-state index contributed by atoms with van der Waals surface area (Å²) in [6.07, 6.45) is 0.106. The molecule has 16 heteroatoms. The smallest absolute Gasteiger partial charge is 0.326 e. The van der Waals surface area contributed by atoms with Crippen LogP contribution in [0.25, 0.3) is 0 Å². The van der Waals surface area contributed by atoms with Gasteiger partial charge in [-0.3, -0.25) is 29.0 Å².